The molecule has 1 rings (SSSR count). The van der Waals surface area contributed by atoms with E-state index in [1.165, 1.54) is 0 Å². The summed E-state index contributed by atoms with van der Waals surface area (Å²) in [5.74, 6) is -0.614. The van der Waals surface area contributed by atoms with Crippen LogP contribution in [0.4, 0.5) is 5.95 Å². The first-order chi connectivity index (χ1) is 8.04. The van der Waals surface area contributed by atoms with E-state index in [4.69, 9.17) is 5.11 Å². The molecule has 0 saturated heterocycles. The molecule has 0 aromatic carbocycles. The molecule has 1 heterocycles. The topological polar surface area (TPSA) is 88.0 Å². The van der Waals surface area contributed by atoms with Crippen molar-refractivity contribution in [3.8, 4) is 0 Å². The molecule has 0 aliphatic heterocycles. The van der Waals surface area contributed by atoms with Gasteiger partial charge < -0.3 is 10.4 Å². The maximum Gasteiger partial charge on any atom is 0.326 e. The van der Waals surface area contributed by atoms with E-state index in [2.05, 4.69) is 20.5 Å². The van der Waals surface area contributed by atoms with E-state index >= 15 is 0 Å². The van der Waals surface area contributed by atoms with Gasteiger partial charge in [-0.2, -0.15) is 5.10 Å². The Hall–Kier alpha value is -1.72. The molecule has 0 amide bonds. The lowest BCUT2D eigenvalue weighted by molar-refractivity contribution is -0.138. The summed E-state index contributed by atoms with van der Waals surface area (Å²) in [6, 6.07) is -0.654. The van der Waals surface area contributed by atoms with Crippen molar-refractivity contribution in [2.24, 2.45) is 0 Å². The van der Waals surface area contributed by atoms with E-state index in [9.17, 15) is 4.79 Å². The molecule has 0 spiro atoms. The van der Waals surface area contributed by atoms with Crippen LogP contribution in [-0.2, 0) is 4.79 Å². The molecule has 94 valence electrons. The zero-order chi connectivity index (χ0) is 12.8. The van der Waals surface area contributed by atoms with Crippen LogP contribution in [0.2, 0.25) is 0 Å². The highest BCUT2D eigenvalue weighted by Crippen LogP contribution is 2.08. The van der Waals surface area contributed by atoms with Crippen LogP contribution in [0.3, 0.4) is 0 Å². The largest absolute Gasteiger partial charge is 0.480 e. The summed E-state index contributed by atoms with van der Waals surface area (Å²) < 4.78 is 0. The van der Waals surface area contributed by atoms with Crippen molar-refractivity contribution in [1.82, 2.24) is 15.2 Å². The van der Waals surface area contributed by atoms with E-state index in [1.54, 1.807) is 0 Å². The van der Waals surface area contributed by atoms with Crippen molar-refractivity contribution in [2.45, 2.75) is 46.1 Å². The zero-order valence-corrected chi connectivity index (χ0v) is 10.4. The average Bonchev–Trinajstić information content (AvgIpc) is 2.28. The van der Waals surface area contributed by atoms with E-state index in [-0.39, 0.29) is 5.95 Å². The fraction of sp³-hybridized carbons (Fsp3) is 0.636. The molecule has 6 nitrogen and oxygen atoms in total. The van der Waals surface area contributed by atoms with Crippen LogP contribution < -0.4 is 5.32 Å². The van der Waals surface area contributed by atoms with E-state index in [0.717, 1.165) is 24.2 Å². The zero-order valence-electron chi connectivity index (χ0n) is 10.4. The average molecular weight is 238 g/mol. The molecule has 0 saturated carbocycles. The summed E-state index contributed by atoms with van der Waals surface area (Å²) in [4.78, 5) is 15.2. The van der Waals surface area contributed by atoms with E-state index in [1.807, 2.05) is 20.8 Å². The number of unbranched alkanes of at least 4 members (excludes halogenated alkanes) is 1. The Morgan fingerprint density at radius 3 is 2.59 bits per heavy atom. The Kier molecular flexibility index (Phi) is 4.81. The second-order valence-electron chi connectivity index (χ2n) is 3.98. The highest BCUT2D eigenvalue weighted by Gasteiger charge is 2.17. The van der Waals surface area contributed by atoms with Crippen LogP contribution >= 0.6 is 0 Å². The van der Waals surface area contributed by atoms with Crippen molar-refractivity contribution >= 4 is 11.9 Å². The van der Waals surface area contributed by atoms with Crippen molar-refractivity contribution in [1.29, 1.82) is 0 Å². The van der Waals surface area contributed by atoms with E-state index < -0.39 is 12.0 Å². The monoisotopic (exact) mass is 238 g/mol. The standard InChI is InChI=1S/C11H18N4O2/c1-4-5-6-9(10(16)17)13-11-12-7(2)8(3)14-15-11/h9H,4-6H2,1-3H3,(H,16,17)(H,12,13,15)/t9-/m0/s1. The predicted octanol–water partition coefficient (Wildman–Crippen LogP) is 1.54. The minimum absolute atomic E-state index is 0.275. The Morgan fingerprint density at radius 1 is 1.35 bits per heavy atom. The molecule has 0 unspecified atom stereocenters. The number of aryl methyl sites for hydroxylation is 2. The van der Waals surface area contributed by atoms with Gasteiger partial charge in [-0.3, -0.25) is 0 Å². The molecule has 0 aliphatic carbocycles. The number of anilines is 1. The van der Waals surface area contributed by atoms with Gasteiger partial charge in [-0.1, -0.05) is 19.8 Å². The molecular formula is C11H18N4O2. The summed E-state index contributed by atoms with van der Waals surface area (Å²) in [7, 11) is 0. The number of aromatic nitrogens is 3. The van der Waals surface area contributed by atoms with Gasteiger partial charge in [0.05, 0.1) is 11.4 Å². The summed E-state index contributed by atoms with van der Waals surface area (Å²) >= 11 is 0. The van der Waals surface area contributed by atoms with Crippen LogP contribution in [0.5, 0.6) is 0 Å². The van der Waals surface area contributed by atoms with Gasteiger partial charge in [0.15, 0.2) is 0 Å². The van der Waals surface area contributed by atoms with Gasteiger partial charge in [-0.25, -0.2) is 9.78 Å². The quantitative estimate of drug-likeness (QED) is 0.781. The minimum atomic E-state index is -0.889. The second-order valence-corrected chi connectivity index (χ2v) is 3.98. The maximum absolute atomic E-state index is 11.0. The first-order valence-corrected chi connectivity index (χ1v) is 5.71. The Balaban J connectivity index is 2.71. The van der Waals surface area contributed by atoms with Crippen LogP contribution in [-0.4, -0.2) is 32.3 Å². The number of carboxylic acids is 1. The SMILES string of the molecule is CCCC[C@H](Nc1nnc(C)c(C)n1)C(=O)O. The normalized spacial score (nSPS) is 12.2. The number of aliphatic carboxylic acids is 1. The number of hydrogen-bond donors (Lipinski definition) is 2. The first-order valence-electron chi connectivity index (χ1n) is 5.71. The van der Waals surface area contributed by atoms with Gasteiger partial charge in [0, 0.05) is 0 Å². The molecule has 1 aromatic rings. The summed E-state index contributed by atoms with van der Waals surface area (Å²) in [5.41, 5.74) is 1.50. The summed E-state index contributed by atoms with van der Waals surface area (Å²) in [6.45, 7) is 5.65. The van der Waals surface area contributed by atoms with Crippen molar-refractivity contribution < 1.29 is 9.90 Å². The molecule has 6 heteroatoms. The van der Waals surface area contributed by atoms with Gasteiger partial charge in [0.1, 0.15) is 6.04 Å². The number of nitrogens with one attached hydrogen (secondary N) is 1. The predicted molar refractivity (Wildman–Crippen MR) is 63.9 cm³/mol. The van der Waals surface area contributed by atoms with Crippen LogP contribution in [0, 0.1) is 13.8 Å². The molecular weight excluding hydrogens is 220 g/mol. The van der Waals surface area contributed by atoms with Crippen molar-refractivity contribution in [3.05, 3.63) is 11.4 Å². The molecule has 0 fully saturated rings. The second kappa shape index (κ2) is 6.12. The third-order valence-electron chi connectivity index (χ3n) is 2.54. The fourth-order valence-corrected chi connectivity index (χ4v) is 1.34. The van der Waals surface area contributed by atoms with Gasteiger partial charge in [0.25, 0.3) is 0 Å². The van der Waals surface area contributed by atoms with E-state index in [0.29, 0.717) is 6.42 Å². The van der Waals surface area contributed by atoms with Gasteiger partial charge in [-0.15, -0.1) is 5.10 Å². The lowest BCUT2D eigenvalue weighted by atomic mass is 10.1. The Morgan fingerprint density at radius 2 is 2.06 bits per heavy atom. The van der Waals surface area contributed by atoms with Gasteiger partial charge >= 0.3 is 5.97 Å². The smallest absolute Gasteiger partial charge is 0.326 e. The third-order valence-corrected chi connectivity index (χ3v) is 2.54. The molecule has 0 bridgehead atoms. The maximum atomic E-state index is 11.0. The first kappa shape index (κ1) is 13.3. The number of rotatable bonds is 6. The lowest BCUT2D eigenvalue weighted by Gasteiger charge is -2.13. The molecule has 2 N–H and O–H groups in total. The summed E-state index contributed by atoms with van der Waals surface area (Å²) in [6.07, 6.45) is 2.36. The lowest BCUT2D eigenvalue weighted by Crippen LogP contribution is -2.30. The molecule has 1 atom stereocenters. The van der Waals surface area contributed by atoms with Crippen LogP contribution in [0.15, 0.2) is 0 Å². The van der Waals surface area contributed by atoms with Crippen molar-refractivity contribution in [2.75, 3.05) is 5.32 Å². The Labute approximate surface area is 100 Å². The van der Waals surface area contributed by atoms with Crippen LogP contribution in [0.25, 0.3) is 0 Å². The van der Waals surface area contributed by atoms with Crippen molar-refractivity contribution in [3.63, 3.8) is 0 Å². The number of nitrogens with zero attached hydrogens (tertiary/aromatic N) is 3. The van der Waals surface area contributed by atoms with Crippen LogP contribution in [0.1, 0.15) is 37.6 Å². The number of carbonyl (C=O) groups is 1. The molecule has 0 aliphatic rings. The number of hydrogen-bond acceptors (Lipinski definition) is 5. The summed E-state index contributed by atoms with van der Waals surface area (Å²) in [5, 5.41) is 19.6. The molecule has 1 aromatic heterocycles. The highest BCUT2D eigenvalue weighted by molar-refractivity contribution is 5.76. The molecule has 17 heavy (non-hydrogen) atoms. The number of carboxylic acid groups (broad SMARTS) is 1. The third kappa shape index (κ3) is 3.97. The van der Waals surface area contributed by atoms with Gasteiger partial charge in [-0.05, 0) is 20.3 Å². The fourth-order valence-electron chi connectivity index (χ4n) is 1.34. The Bertz CT molecular complexity index is 395. The van der Waals surface area contributed by atoms with Gasteiger partial charge in [0.2, 0.25) is 5.95 Å². The minimum Gasteiger partial charge on any atom is -0.480 e. The molecule has 0 radical (unpaired) electrons. The highest BCUT2D eigenvalue weighted by atomic mass is 16.4.